The largest absolute Gasteiger partial charge is 0.480 e. The van der Waals surface area contributed by atoms with Crippen LogP contribution in [0.25, 0.3) is 11.1 Å². The highest BCUT2D eigenvalue weighted by Gasteiger charge is 2.41. The highest BCUT2D eigenvalue weighted by atomic mass is 16.6. The minimum atomic E-state index is -0.993. The fourth-order valence-corrected chi connectivity index (χ4v) is 5.23. The maximum Gasteiger partial charge on any atom is 0.410 e. The van der Waals surface area contributed by atoms with E-state index < -0.39 is 18.1 Å². The second kappa shape index (κ2) is 8.50. The van der Waals surface area contributed by atoms with Crippen LogP contribution in [-0.4, -0.2) is 41.3 Å². The summed E-state index contributed by atoms with van der Waals surface area (Å²) >= 11 is 0. The number of fused-ring (bicyclic) bond motifs is 3. The van der Waals surface area contributed by atoms with Gasteiger partial charge >= 0.3 is 12.1 Å². The third kappa shape index (κ3) is 3.54. The topological polar surface area (TPSA) is 66.8 Å². The first kappa shape index (κ1) is 20.3. The predicted octanol–water partition coefficient (Wildman–Crippen LogP) is 5.27. The first-order valence-electron chi connectivity index (χ1n) is 11.0. The van der Waals surface area contributed by atoms with E-state index in [2.05, 4.69) is 24.3 Å². The Kier molecular flexibility index (Phi) is 5.39. The molecule has 2 aliphatic rings. The van der Waals surface area contributed by atoms with Crippen molar-refractivity contribution in [2.45, 2.75) is 30.7 Å². The van der Waals surface area contributed by atoms with Gasteiger partial charge in [-0.2, -0.15) is 0 Å². The van der Waals surface area contributed by atoms with Crippen LogP contribution in [0.5, 0.6) is 0 Å². The van der Waals surface area contributed by atoms with Crippen LogP contribution < -0.4 is 0 Å². The molecule has 2 atom stereocenters. The summed E-state index contributed by atoms with van der Waals surface area (Å²) in [5, 5.41) is 9.98. The lowest BCUT2D eigenvalue weighted by atomic mass is 9.83. The molecule has 5 nitrogen and oxygen atoms in total. The summed E-state index contributed by atoms with van der Waals surface area (Å²) in [5.74, 6) is -1.29. The first-order valence-corrected chi connectivity index (χ1v) is 11.0. The van der Waals surface area contributed by atoms with E-state index in [4.69, 9.17) is 4.74 Å². The molecular weight excluding hydrogens is 402 g/mol. The fraction of sp³-hybridized carbons (Fsp3) is 0.259. The molecule has 0 unspecified atom stereocenters. The molecule has 5 rings (SSSR count). The fourth-order valence-electron chi connectivity index (χ4n) is 5.23. The zero-order valence-corrected chi connectivity index (χ0v) is 17.7. The number of ether oxygens (including phenoxy) is 1. The van der Waals surface area contributed by atoms with E-state index in [-0.39, 0.29) is 18.4 Å². The Morgan fingerprint density at radius 2 is 1.47 bits per heavy atom. The van der Waals surface area contributed by atoms with Gasteiger partial charge in [0.15, 0.2) is 0 Å². The van der Waals surface area contributed by atoms with Crippen molar-refractivity contribution in [3.8, 4) is 11.1 Å². The maximum atomic E-state index is 13.1. The Balaban J connectivity index is 1.36. The van der Waals surface area contributed by atoms with Crippen LogP contribution in [0.1, 0.15) is 41.4 Å². The van der Waals surface area contributed by atoms with Gasteiger partial charge in [0.2, 0.25) is 0 Å². The Morgan fingerprint density at radius 1 is 0.875 bits per heavy atom. The first-order chi connectivity index (χ1) is 15.6. The van der Waals surface area contributed by atoms with Crippen molar-refractivity contribution in [3.63, 3.8) is 0 Å². The van der Waals surface area contributed by atoms with E-state index in [1.54, 1.807) is 0 Å². The smallest absolute Gasteiger partial charge is 0.410 e. The van der Waals surface area contributed by atoms with Crippen LogP contribution >= 0.6 is 0 Å². The summed E-state index contributed by atoms with van der Waals surface area (Å²) in [5.41, 5.74) is 5.54. The summed E-state index contributed by atoms with van der Waals surface area (Å²) in [6.45, 7) is 0.572. The predicted molar refractivity (Wildman–Crippen MR) is 122 cm³/mol. The van der Waals surface area contributed by atoms with Crippen molar-refractivity contribution in [2.75, 3.05) is 13.2 Å². The number of carbonyl (C=O) groups is 2. The third-order valence-corrected chi connectivity index (χ3v) is 6.68. The summed E-state index contributed by atoms with van der Waals surface area (Å²) in [6, 6.07) is 25.0. The molecule has 1 N–H and O–H groups in total. The molecule has 1 fully saturated rings. The monoisotopic (exact) mass is 427 g/mol. The number of benzene rings is 3. The van der Waals surface area contributed by atoms with Crippen molar-refractivity contribution < 1.29 is 19.4 Å². The van der Waals surface area contributed by atoms with Crippen molar-refractivity contribution in [1.82, 2.24) is 4.90 Å². The number of hydrogen-bond donors (Lipinski definition) is 1. The average Bonchev–Trinajstić information content (AvgIpc) is 3.16. The zero-order valence-electron chi connectivity index (χ0n) is 17.7. The number of hydrogen-bond acceptors (Lipinski definition) is 3. The van der Waals surface area contributed by atoms with Crippen LogP contribution in [0.3, 0.4) is 0 Å². The minimum Gasteiger partial charge on any atom is -0.480 e. The van der Waals surface area contributed by atoms with E-state index in [9.17, 15) is 14.7 Å². The molecule has 162 valence electrons. The lowest BCUT2D eigenvalue weighted by Crippen LogP contribution is -2.52. The van der Waals surface area contributed by atoms with Crippen LogP contribution in [0.15, 0.2) is 78.9 Å². The summed E-state index contributed by atoms with van der Waals surface area (Å²) < 4.78 is 5.77. The van der Waals surface area contributed by atoms with Gasteiger partial charge in [0.1, 0.15) is 12.6 Å². The van der Waals surface area contributed by atoms with E-state index in [0.29, 0.717) is 6.54 Å². The minimum absolute atomic E-state index is 0.0515. The zero-order chi connectivity index (χ0) is 22.1. The highest BCUT2D eigenvalue weighted by Crippen LogP contribution is 2.44. The Labute approximate surface area is 187 Å². The molecule has 0 spiro atoms. The molecule has 1 amide bonds. The number of amides is 1. The second-order valence-electron chi connectivity index (χ2n) is 8.44. The number of likely N-dealkylation sites (tertiary alicyclic amines) is 1. The van der Waals surface area contributed by atoms with E-state index in [0.717, 1.165) is 40.7 Å². The van der Waals surface area contributed by atoms with E-state index in [1.165, 1.54) is 4.90 Å². The standard InChI is InChI=1S/C27H25NO4/c29-26(30)25-19(18-9-2-1-3-10-18)15-8-16-28(25)27(31)32-17-24-22-13-6-4-11-20(22)21-12-5-7-14-23(21)24/h1-7,9-14,19,24-25H,8,15-17H2,(H,29,30)/t19-,25-/m0/s1. The lowest BCUT2D eigenvalue weighted by Gasteiger charge is -2.38. The molecule has 3 aromatic rings. The van der Waals surface area contributed by atoms with Gasteiger partial charge in [0.25, 0.3) is 0 Å². The van der Waals surface area contributed by atoms with Crippen molar-refractivity contribution in [2.24, 2.45) is 0 Å². The van der Waals surface area contributed by atoms with Crippen LogP contribution in [0, 0.1) is 0 Å². The quantitative estimate of drug-likeness (QED) is 0.616. The number of carboxylic acid groups (broad SMARTS) is 1. The molecule has 3 aromatic carbocycles. The summed E-state index contributed by atoms with van der Waals surface area (Å²) in [7, 11) is 0. The number of piperidine rings is 1. The molecule has 1 saturated heterocycles. The Bertz CT molecular complexity index is 1100. The number of carboxylic acids is 1. The van der Waals surface area contributed by atoms with E-state index in [1.807, 2.05) is 54.6 Å². The molecule has 0 radical (unpaired) electrons. The maximum absolute atomic E-state index is 13.1. The lowest BCUT2D eigenvalue weighted by molar-refractivity contribution is -0.144. The van der Waals surface area contributed by atoms with Crippen LogP contribution in [0.4, 0.5) is 4.79 Å². The van der Waals surface area contributed by atoms with Gasteiger partial charge in [0.05, 0.1) is 0 Å². The van der Waals surface area contributed by atoms with Crippen LogP contribution in [-0.2, 0) is 9.53 Å². The van der Waals surface area contributed by atoms with Crippen molar-refractivity contribution in [1.29, 1.82) is 0 Å². The SMILES string of the molecule is O=C(O)[C@@H]1[C@H](c2ccccc2)CCCN1C(=O)OCC1c2ccccc2-c2ccccc21. The van der Waals surface area contributed by atoms with Gasteiger partial charge in [-0.25, -0.2) is 9.59 Å². The van der Waals surface area contributed by atoms with Gasteiger partial charge in [-0.1, -0.05) is 78.9 Å². The number of nitrogens with zero attached hydrogens (tertiary/aromatic N) is 1. The molecule has 0 aromatic heterocycles. The molecule has 1 aliphatic carbocycles. The molecule has 1 heterocycles. The van der Waals surface area contributed by atoms with Crippen molar-refractivity contribution in [3.05, 3.63) is 95.6 Å². The molecule has 1 aliphatic heterocycles. The molecule has 0 bridgehead atoms. The van der Waals surface area contributed by atoms with Crippen molar-refractivity contribution >= 4 is 12.1 Å². The van der Waals surface area contributed by atoms with Gasteiger partial charge in [-0.15, -0.1) is 0 Å². The molecule has 32 heavy (non-hydrogen) atoms. The molecular formula is C27H25NO4. The molecule has 0 saturated carbocycles. The number of carbonyl (C=O) groups excluding carboxylic acids is 1. The number of rotatable bonds is 4. The van der Waals surface area contributed by atoms with E-state index >= 15 is 0 Å². The summed E-state index contributed by atoms with van der Waals surface area (Å²) in [6.07, 6.45) is 0.918. The second-order valence-corrected chi connectivity index (χ2v) is 8.44. The molecule has 5 heteroatoms. The van der Waals surface area contributed by atoms with Gasteiger partial charge in [-0.05, 0) is 40.7 Å². The average molecular weight is 428 g/mol. The van der Waals surface area contributed by atoms with Gasteiger partial charge in [-0.3, -0.25) is 4.90 Å². The normalized spacial score (nSPS) is 19.8. The highest BCUT2D eigenvalue weighted by molar-refractivity contribution is 5.82. The Hall–Kier alpha value is -3.60. The summed E-state index contributed by atoms with van der Waals surface area (Å²) in [4.78, 5) is 26.7. The Morgan fingerprint density at radius 3 is 2.09 bits per heavy atom. The third-order valence-electron chi connectivity index (χ3n) is 6.68. The number of aliphatic carboxylic acids is 1. The van der Waals surface area contributed by atoms with Gasteiger partial charge in [0, 0.05) is 18.4 Å². The van der Waals surface area contributed by atoms with Gasteiger partial charge < -0.3 is 9.84 Å². The van der Waals surface area contributed by atoms with Crippen LogP contribution in [0.2, 0.25) is 0 Å².